The molecule has 6 aromatic carbocycles. The van der Waals surface area contributed by atoms with Crippen LogP contribution in [0.1, 0.15) is 35.1 Å². The van der Waals surface area contributed by atoms with Crippen LogP contribution in [0.25, 0.3) is 0 Å². The second kappa shape index (κ2) is 18.5. The Labute approximate surface area is 286 Å². The van der Waals surface area contributed by atoms with Crippen LogP contribution in [0.5, 0.6) is 0 Å². The van der Waals surface area contributed by atoms with E-state index in [0.717, 1.165) is 45.1 Å². The molecule has 0 aromatic heterocycles. The minimum Gasteiger partial charge on any atom is -0.278 e. The molecular formula is C42H36N2NiO2+2. The summed E-state index contributed by atoms with van der Waals surface area (Å²) in [5.74, 6) is 0.647. The molecule has 0 unspecified atom stereocenters. The summed E-state index contributed by atoms with van der Waals surface area (Å²) in [5.41, 5.74) is 7.13. The quantitative estimate of drug-likeness (QED) is 0.0609. The normalized spacial score (nSPS) is 11.0. The number of para-hydroxylation sites is 2. The van der Waals surface area contributed by atoms with Crippen molar-refractivity contribution in [2.24, 2.45) is 9.98 Å². The molecule has 6 aromatic rings. The van der Waals surface area contributed by atoms with Crippen LogP contribution in [0.2, 0.25) is 0 Å². The minimum absolute atomic E-state index is 0. The van der Waals surface area contributed by atoms with Gasteiger partial charge in [-0.1, -0.05) is 133 Å². The SMILES string of the molecule is [Ni].[OH+]=C(CC(=Nc1ccccc1)c1ccccc1)c1ccccc1.[OH+]=C(CC(=Nc1ccccc1)c1ccccc1)c1ccccc1. The number of aliphatic imine (C=N–C) groups is 2. The molecule has 4 nitrogen and oxygen atoms in total. The predicted molar refractivity (Wildman–Crippen MR) is 192 cm³/mol. The van der Waals surface area contributed by atoms with Crippen molar-refractivity contribution < 1.29 is 26.1 Å². The van der Waals surface area contributed by atoms with Crippen LogP contribution in [-0.2, 0) is 16.5 Å². The topological polar surface area (TPSA) is 67.5 Å². The van der Waals surface area contributed by atoms with E-state index < -0.39 is 0 Å². The van der Waals surface area contributed by atoms with Gasteiger partial charge < -0.3 is 0 Å². The zero-order valence-corrected chi connectivity index (χ0v) is 26.8. The average molecular weight is 659 g/mol. The first-order valence-electron chi connectivity index (χ1n) is 15.2. The van der Waals surface area contributed by atoms with E-state index in [1.54, 1.807) is 0 Å². The predicted octanol–water partition coefficient (Wildman–Crippen LogP) is 9.58. The molecule has 47 heavy (non-hydrogen) atoms. The molecule has 0 saturated carbocycles. The molecule has 0 amide bonds. The van der Waals surface area contributed by atoms with E-state index in [-0.39, 0.29) is 16.5 Å². The third-order valence-electron chi connectivity index (χ3n) is 7.14. The number of hydrogen-bond donors (Lipinski definition) is 0. The second-order valence-electron chi connectivity index (χ2n) is 10.5. The molecule has 0 aliphatic heterocycles. The van der Waals surface area contributed by atoms with E-state index in [4.69, 9.17) is 9.98 Å². The number of carbonyl (C=O) groups excluding carboxylic acids is 2. The van der Waals surface area contributed by atoms with Crippen molar-refractivity contribution in [1.29, 1.82) is 0 Å². The van der Waals surface area contributed by atoms with Crippen molar-refractivity contribution in [3.63, 3.8) is 0 Å². The Morgan fingerprint density at radius 2 is 0.574 bits per heavy atom. The molecule has 0 atom stereocenters. The van der Waals surface area contributed by atoms with Crippen LogP contribution >= 0.6 is 0 Å². The fraction of sp³-hybridized carbons (Fsp3) is 0.0476. The molecule has 2 N–H and O–H groups in total. The molecule has 0 spiro atoms. The molecule has 6 rings (SSSR count). The van der Waals surface area contributed by atoms with E-state index in [2.05, 4.69) is 0 Å². The Hall–Kier alpha value is -5.51. The number of ketones is 2. The molecule has 234 valence electrons. The van der Waals surface area contributed by atoms with Crippen molar-refractivity contribution in [2.75, 3.05) is 0 Å². The molecule has 0 aliphatic carbocycles. The van der Waals surface area contributed by atoms with Crippen molar-refractivity contribution in [1.82, 2.24) is 0 Å². The third-order valence-corrected chi connectivity index (χ3v) is 7.14. The van der Waals surface area contributed by atoms with Crippen LogP contribution in [0.4, 0.5) is 11.4 Å². The van der Waals surface area contributed by atoms with Crippen molar-refractivity contribution in [2.45, 2.75) is 12.8 Å². The maximum Gasteiger partial charge on any atom is 0.329 e. The molecule has 0 radical (unpaired) electrons. The summed E-state index contributed by atoms with van der Waals surface area (Å²) in [6, 6.07) is 58.7. The molecule has 0 aliphatic rings. The summed E-state index contributed by atoms with van der Waals surface area (Å²) in [5, 5.41) is 0. The largest absolute Gasteiger partial charge is 0.329 e. The Morgan fingerprint density at radius 3 is 0.851 bits per heavy atom. The number of hydrogen-bond acceptors (Lipinski definition) is 2. The summed E-state index contributed by atoms with van der Waals surface area (Å²) < 4.78 is 0. The first-order valence-corrected chi connectivity index (χ1v) is 15.2. The first kappa shape index (κ1) is 34.4. The van der Waals surface area contributed by atoms with Gasteiger partial charge in [0, 0.05) is 16.5 Å². The maximum absolute atomic E-state index is 10.5. The summed E-state index contributed by atoms with van der Waals surface area (Å²) in [7, 11) is 0. The summed E-state index contributed by atoms with van der Waals surface area (Å²) in [6.07, 6.45) is 0.784. The number of nitrogens with zero attached hydrogens (tertiary/aromatic N) is 2. The summed E-state index contributed by atoms with van der Waals surface area (Å²) in [4.78, 5) is 30.4. The van der Waals surface area contributed by atoms with Crippen LogP contribution in [0.3, 0.4) is 0 Å². The van der Waals surface area contributed by atoms with Gasteiger partial charge in [0.1, 0.15) is 12.8 Å². The molecule has 5 heteroatoms. The van der Waals surface area contributed by atoms with Gasteiger partial charge in [-0.15, -0.1) is 0 Å². The van der Waals surface area contributed by atoms with E-state index in [0.29, 0.717) is 24.4 Å². The zero-order valence-electron chi connectivity index (χ0n) is 25.8. The van der Waals surface area contributed by atoms with E-state index in [1.165, 1.54) is 0 Å². The van der Waals surface area contributed by atoms with Gasteiger partial charge in [0.05, 0.1) is 33.9 Å². The van der Waals surface area contributed by atoms with Gasteiger partial charge in [-0.05, 0) is 59.7 Å². The second-order valence-corrected chi connectivity index (χ2v) is 10.5. The van der Waals surface area contributed by atoms with Crippen LogP contribution in [-0.4, -0.2) is 32.6 Å². The Balaban J connectivity index is 0.000000208. The van der Waals surface area contributed by atoms with Gasteiger partial charge in [0.25, 0.3) is 0 Å². The molecule has 0 saturated heterocycles. The van der Waals surface area contributed by atoms with Gasteiger partial charge in [-0.25, -0.2) is 0 Å². The fourth-order valence-corrected chi connectivity index (χ4v) is 4.77. The smallest absolute Gasteiger partial charge is 0.278 e. The maximum atomic E-state index is 10.5. The standard InChI is InChI=1S/2C21H17NO.Ni/c2*23-21(18-12-6-2-7-13-18)16-20(17-10-4-1-5-11-17)22-19-14-8-3-9-15-19;/h2*1-15H,16H2;/p+2. The van der Waals surface area contributed by atoms with Crippen LogP contribution in [0, 0.1) is 0 Å². The Kier molecular flexibility index (Phi) is 13.5. The first-order chi connectivity index (χ1) is 22.7. The van der Waals surface area contributed by atoms with Gasteiger partial charge in [-0.2, -0.15) is 0 Å². The molecule has 0 fully saturated rings. The molecule has 0 bridgehead atoms. The summed E-state index contributed by atoms with van der Waals surface area (Å²) >= 11 is 0. The average Bonchev–Trinajstić information content (AvgIpc) is 3.13. The van der Waals surface area contributed by atoms with E-state index >= 15 is 0 Å². The Morgan fingerprint density at radius 1 is 0.340 bits per heavy atom. The van der Waals surface area contributed by atoms with E-state index in [1.807, 2.05) is 182 Å². The van der Waals surface area contributed by atoms with Gasteiger partial charge in [-0.3, -0.25) is 19.6 Å². The monoisotopic (exact) mass is 658 g/mol. The number of benzene rings is 6. The van der Waals surface area contributed by atoms with Gasteiger partial charge in [0.15, 0.2) is 0 Å². The minimum atomic E-state index is 0. The summed E-state index contributed by atoms with van der Waals surface area (Å²) in [6.45, 7) is 0. The third kappa shape index (κ3) is 10.8. The van der Waals surface area contributed by atoms with E-state index in [9.17, 15) is 9.59 Å². The number of rotatable bonds is 10. The molecule has 0 heterocycles. The zero-order chi connectivity index (χ0) is 31.8. The van der Waals surface area contributed by atoms with Gasteiger partial charge in [0.2, 0.25) is 0 Å². The van der Waals surface area contributed by atoms with Crippen molar-refractivity contribution in [3.05, 3.63) is 204 Å². The molecular weight excluding hydrogens is 623 g/mol. The van der Waals surface area contributed by atoms with Gasteiger partial charge >= 0.3 is 11.6 Å². The van der Waals surface area contributed by atoms with Crippen molar-refractivity contribution in [3.8, 4) is 0 Å². The Bertz CT molecular complexity index is 1740. The van der Waals surface area contributed by atoms with Crippen molar-refractivity contribution >= 4 is 34.4 Å². The van der Waals surface area contributed by atoms with Crippen LogP contribution < -0.4 is 0 Å². The van der Waals surface area contributed by atoms with Crippen LogP contribution in [0.15, 0.2) is 192 Å². The fourth-order valence-electron chi connectivity index (χ4n) is 4.77.